The number of rotatable bonds is 11. The van der Waals surface area contributed by atoms with E-state index in [9.17, 15) is 14.4 Å². The van der Waals surface area contributed by atoms with Crippen molar-refractivity contribution in [2.75, 3.05) is 40.0 Å². The molecule has 0 aromatic heterocycles. The van der Waals surface area contributed by atoms with Gasteiger partial charge in [-0.25, -0.2) is 4.79 Å². The highest BCUT2D eigenvalue weighted by Gasteiger charge is 2.43. The number of carboxylic acid groups (broad SMARTS) is 1. The first-order chi connectivity index (χ1) is 15.3. The van der Waals surface area contributed by atoms with Crippen molar-refractivity contribution in [3.8, 4) is 0 Å². The van der Waals surface area contributed by atoms with Gasteiger partial charge in [-0.1, -0.05) is 29.8 Å². The van der Waals surface area contributed by atoms with E-state index >= 15 is 0 Å². The topological polar surface area (TPSA) is 124 Å². The molecule has 32 heavy (non-hydrogen) atoms. The van der Waals surface area contributed by atoms with Crippen molar-refractivity contribution in [2.45, 2.75) is 19.8 Å². The van der Waals surface area contributed by atoms with Gasteiger partial charge in [0.2, 0.25) is 0 Å². The highest BCUT2D eigenvalue weighted by molar-refractivity contribution is 6.31. The Morgan fingerprint density at radius 2 is 1.97 bits per heavy atom. The van der Waals surface area contributed by atoms with Crippen LogP contribution in [0.1, 0.15) is 25.3 Å². The molecule has 2 atom stereocenters. The maximum absolute atomic E-state index is 13.0. The molecular weight excluding hydrogens is 440 g/mol. The lowest BCUT2D eigenvalue weighted by atomic mass is 9.75. The number of ether oxygens (including phenoxy) is 3. The molecule has 0 spiro atoms. The summed E-state index contributed by atoms with van der Waals surface area (Å²) in [6, 6.07) is 6.95. The van der Waals surface area contributed by atoms with Crippen LogP contribution in [0.3, 0.4) is 0 Å². The second kappa shape index (κ2) is 12.3. The van der Waals surface area contributed by atoms with Crippen molar-refractivity contribution in [1.82, 2.24) is 5.32 Å². The van der Waals surface area contributed by atoms with Gasteiger partial charge in [-0.2, -0.15) is 0 Å². The maximum atomic E-state index is 13.0. The van der Waals surface area contributed by atoms with E-state index < -0.39 is 29.7 Å². The predicted octanol–water partition coefficient (Wildman–Crippen LogP) is 2.20. The summed E-state index contributed by atoms with van der Waals surface area (Å²) in [5.41, 5.74) is 1.53. The normalized spacial score (nSPS) is 18.2. The Balaban J connectivity index is 2.44. The number of benzene rings is 1. The Hall–Kier alpha value is -2.75. The molecule has 0 saturated carbocycles. The van der Waals surface area contributed by atoms with Crippen LogP contribution in [0.4, 0.5) is 0 Å². The van der Waals surface area contributed by atoms with Gasteiger partial charge in [0.1, 0.15) is 5.92 Å². The Morgan fingerprint density at radius 3 is 2.59 bits per heavy atom. The van der Waals surface area contributed by atoms with Crippen LogP contribution in [0.5, 0.6) is 0 Å². The van der Waals surface area contributed by atoms with Crippen LogP contribution < -0.4 is 5.32 Å². The van der Waals surface area contributed by atoms with Crippen LogP contribution in [-0.4, -0.2) is 68.7 Å². The van der Waals surface area contributed by atoms with Crippen molar-refractivity contribution in [3.63, 3.8) is 0 Å². The van der Waals surface area contributed by atoms with Crippen LogP contribution in [0.15, 0.2) is 40.5 Å². The maximum Gasteiger partial charge on any atom is 0.336 e. The molecule has 2 unspecified atom stereocenters. The second-order valence-corrected chi connectivity index (χ2v) is 7.36. The van der Waals surface area contributed by atoms with Crippen molar-refractivity contribution < 1.29 is 33.7 Å². The van der Waals surface area contributed by atoms with E-state index in [1.54, 1.807) is 38.1 Å². The van der Waals surface area contributed by atoms with Gasteiger partial charge >= 0.3 is 17.9 Å². The van der Waals surface area contributed by atoms with Crippen molar-refractivity contribution in [2.24, 2.45) is 10.9 Å². The number of carbonyl (C=O) groups excluding carboxylic acids is 2. The van der Waals surface area contributed by atoms with Crippen molar-refractivity contribution >= 4 is 35.2 Å². The lowest BCUT2D eigenvalue weighted by Gasteiger charge is -2.32. The number of carboxylic acids is 1. The first-order valence-electron chi connectivity index (χ1n) is 10.1. The molecule has 1 aliphatic heterocycles. The average molecular weight is 467 g/mol. The van der Waals surface area contributed by atoms with E-state index in [-0.39, 0.29) is 31.9 Å². The number of hydrogen-bond acceptors (Lipinski definition) is 8. The molecule has 0 saturated heterocycles. The third-order valence-corrected chi connectivity index (χ3v) is 5.19. The molecular formula is C22H27ClN2O7. The van der Waals surface area contributed by atoms with Gasteiger partial charge in [-0.3, -0.25) is 14.6 Å². The summed E-state index contributed by atoms with van der Waals surface area (Å²) in [5.74, 6) is -3.76. The Kier molecular flexibility index (Phi) is 9.83. The Labute approximate surface area is 191 Å². The number of nitrogens with zero attached hydrogens (tertiary/aromatic N) is 1. The van der Waals surface area contributed by atoms with E-state index in [0.717, 1.165) is 0 Å². The van der Waals surface area contributed by atoms with Crippen LogP contribution in [-0.2, 0) is 28.6 Å². The summed E-state index contributed by atoms with van der Waals surface area (Å²) in [5, 5.41) is 11.8. The molecule has 0 radical (unpaired) electrons. The number of aliphatic imine (C=N–C) groups is 1. The molecule has 2 N–H and O–H groups in total. The molecule has 9 nitrogen and oxygen atoms in total. The molecule has 0 amide bonds. The van der Waals surface area contributed by atoms with E-state index in [1.165, 1.54) is 7.11 Å². The van der Waals surface area contributed by atoms with Gasteiger partial charge in [0.25, 0.3) is 0 Å². The largest absolute Gasteiger partial charge is 0.480 e. The average Bonchev–Trinajstić information content (AvgIpc) is 2.75. The minimum Gasteiger partial charge on any atom is -0.480 e. The molecule has 1 aromatic rings. The van der Waals surface area contributed by atoms with Crippen molar-refractivity contribution in [1.29, 1.82) is 0 Å². The fourth-order valence-corrected chi connectivity index (χ4v) is 3.75. The van der Waals surface area contributed by atoms with Crippen LogP contribution in [0.2, 0.25) is 5.02 Å². The lowest BCUT2D eigenvalue weighted by Crippen LogP contribution is -2.37. The minimum atomic E-state index is -0.971. The van der Waals surface area contributed by atoms with Crippen LogP contribution in [0.25, 0.3) is 0 Å². The fourth-order valence-electron chi connectivity index (χ4n) is 3.50. The molecule has 0 fully saturated rings. The number of aliphatic carboxylic acids is 1. The fraction of sp³-hybridized carbons (Fsp3) is 0.455. The zero-order chi connectivity index (χ0) is 23.7. The third-order valence-electron chi connectivity index (χ3n) is 4.85. The second-order valence-electron chi connectivity index (χ2n) is 6.96. The predicted molar refractivity (Wildman–Crippen MR) is 118 cm³/mol. The van der Waals surface area contributed by atoms with Gasteiger partial charge in [-0.15, -0.1) is 0 Å². The third kappa shape index (κ3) is 6.38. The standard InChI is InChI=1S/C22H27ClN2O7/c1-4-32-22(29)20-16(12-31-10-9-24-11-17(26)27)25-13(2)18(21(28)30-3)19(20)14-7-5-6-8-15(14)23/h5-8,18-19,24H,4,9-12H2,1-3H3,(H,26,27). The molecule has 2 rings (SSSR count). The van der Waals surface area contributed by atoms with Gasteiger partial charge in [-0.05, 0) is 25.5 Å². The lowest BCUT2D eigenvalue weighted by molar-refractivity contribution is -0.144. The van der Waals surface area contributed by atoms with E-state index in [2.05, 4.69) is 10.3 Å². The SMILES string of the molecule is CCOC(=O)C1=C(COCCNCC(=O)O)N=C(C)C(C(=O)OC)C1c1ccccc1Cl. The summed E-state index contributed by atoms with van der Waals surface area (Å²) in [6.45, 7) is 3.77. The zero-order valence-corrected chi connectivity index (χ0v) is 19.0. The highest BCUT2D eigenvalue weighted by Crippen LogP contribution is 2.42. The molecule has 10 heteroatoms. The number of methoxy groups -OCH3 is 1. The van der Waals surface area contributed by atoms with Gasteiger partial charge in [0, 0.05) is 23.2 Å². The van der Waals surface area contributed by atoms with Gasteiger partial charge < -0.3 is 24.6 Å². The Morgan fingerprint density at radius 1 is 1.25 bits per heavy atom. The van der Waals surface area contributed by atoms with E-state index in [0.29, 0.717) is 28.5 Å². The summed E-state index contributed by atoms with van der Waals surface area (Å²) in [4.78, 5) is 40.7. The number of halogens is 1. The highest BCUT2D eigenvalue weighted by atomic mass is 35.5. The number of hydrogen-bond donors (Lipinski definition) is 2. The minimum absolute atomic E-state index is 0.0327. The number of carbonyl (C=O) groups is 3. The first-order valence-corrected chi connectivity index (χ1v) is 10.5. The summed E-state index contributed by atoms with van der Waals surface area (Å²) >= 11 is 6.45. The number of esters is 2. The summed E-state index contributed by atoms with van der Waals surface area (Å²) < 4.78 is 15.9. The summed E-state index contributed by atoms with van der Waals surface area (Å²) in [7, 11) is 1.27. The first kappa shape index (κ1) is 25.5. The van der Waals surface area contributed by atoms with Crippen LogP contribution >= 0.6 is 11.6 Å². The van der Waals surface area contributed by atoms with E-state index in [1.807, 2.05) is 0 Å². The van der Waals surface area contributed by atoms with Crippen molar-refractivity contribution in [3.05, 3.63) is 46.1 Å². The van der Waals surface area contributed by atoms with Gasteiger partial charge in [0.05, 0.1) is 44.7 Å². The summed E-state index contributed by atoms with van der Waals surface area (Å²) in [6.07, 6.45) is 0. The van der Waals surface area contributed by atoms with E-state index in [4.69, 9.17) is 30.9 Å². The smallest absolute Gasteiger partial charge is 0.336 e. The molecule has 1 heterocycles. The number of nitrogens with one attached hydrogen (secondary N) is 1. The monoisotopic (exact) mass is 466 g/mol. The quantitative estimate of drug-likeness (QED) is 0.375. The molecule has 174 valence electrons. The van der Waals surface area contributed by atoms with Gasteiger partial charge in [0.15, 0.2) is 0 Å². The molecule has 1 aromatic carbocycles. The molecule has 0 aliphatic carbocycles. The molecule has 1 aliphatic rings. The molecule has 0 bridgehead atoms. The van der Waals surface area contributed by atoms with Crippen LogP contribution in [0, 0.1) is 5.92 Å². The zero-order valence-electron chi connectivity index (χ0n) is 18.2. The Bertz CT molecular complexity index is 913.